The first-order chi connectivity index (χ1) is 16.8. The van der Waals surface area contributed by atoms with Gasteiger partial charge in [-0.2, -0.15) is 0 Å². The summed E-state index contributed by atoms with van der Waals surface area (Å²) in [6.07, 6.45) is -19.1. The smallest absolute Gasteiger partial charge is 0.243 e. The molecule has 1 aromatic heterocycles. The molecule has 6 nitrogen and oxygen atoms in total. The van der Waals surface area contributed by atoms with Gasteiger partial charge < -0.3 is 9.47 Å². The number of nitrogens with one attached hydrogen (secondary N) is 1. The highest BCUT2D eigenvalue weighted by Gasteiger charge is 2.11. The lowest BCUT2D eigenvalue weighted by Gasteiger charge is -2.22. The number of carbonyl (C=O) groups is 1. The molecule has 28 heavy (non-hydrogen) atoms. The number of hydrogen-bond donors (Lipinski definition) is 2. The van der Waals surface area contributed by atoms with Crippen LogP contribution in [0.1, 0.15) is 51.4 Å². The third-order valence-electron chi connectivity index (χ3n) is 3.77. The minimum atomic E-state index is -3.90. The summed E-state index contributed by atoms with van der Waals surface area (Å²) in [5.41, 5.74) is 2.66. The van der Waals surface area contributed by atoms with Crippen LogP contribution in [0.2, 0.25) is 0 Å². The molecule has 2 aromatic rings. The number of alkyl halides is 2. The second-order valence-electron chi connectivity index (χ2n) is 5.42. The van der Waals surface area contributed by atoms with Crippen molar-refractivity contribution in [3.63, 3.8) is 0 Å². The van der Waals surface area contributed by atoms with Crippen LogP contribution < -0.4 is 10.4 Å². The van der Waals surface area contributed by atoms with E-state index >= 15 is 0 Å². The van der Waals surface area contributed by atoms with E-state index in [0.717, 1.165) is 11.2 Å². The Morgan fingerprint density at radius 1 is 1.25 bits per heavy atom. The lowest BCUT2D eigenvalue weighted by Crippen LogP contribution is -2.27. The molecular formula is C19H29Cl3N4O2. The molecule has 2 rings (SSSR count). The van der Waals surface area contributed by atoms with Gasteiger partial charge in [-0.3, -0.25) is 10.0 Å². The Morgan fingerprint density at radius 2 is 1.93 bits per heavy atom. The van der Waals surface area contributed by atoms with Gasteiger partial charge in [0.25, 0.3) is 0 Å². The summed E-state index contributed by atoms with van der Waals surface area (Å²) in [4.78, 5) is 18.0. The van der Waals surface area contributed by atoms with Crippen molar-refractivity contribution in [3.8, 4) is 0 Å². The summed E-state index contributed by atoms with van der Waals surface area (Å²) in [6.45, 7) is 1.03. The van der Waals surface area contributed by atoms with Crippen molar-refractivity contribution in [2.24, 2.45) is 7.05 Å². The molecule has 0 fully saturated rings. The van der Waals surface area contributed by atoms with Crippen molar-refractivity contribution in [1.29, 1.82) is 0 Å². The molecule has 0 saturated heterocycles. The topological polar surface area (TPSA) is 70.4 Å². The summed E-state index contributed by atoms with van der Waals surface area (Å²) >= 11 is 11.7. The van der Waals surface area contributed by atoms with E-state index in [9.17, 15) is 4.79 Å². The number of aryl methyl sites for hydroxylation is 2. The maximum atomic E-state index is 11.7. The molecule has 1 aromatic carbocycles. The number of hydroxylamine groups is 1. The van der Waals surface area contributed by atoms with Gasteiger partial charge in [0.2, 0.25) is 5.91 Å². The molecule has 0 aliphatic rings. The summed E-state index contributed by atoms with van der Waals surface area (Å²) in [5, 5.41) is 8.75. The fourth-order valence-corrected chi connectivity index (χ4v) is 2.89. The van der Waals surface area contributed by atoms with E-state index < -0.39 is 44.2 Å². The Kier molecular flexibility index (Phi) is 6.16. The van der Waals surface area contributed by atoms with Crippen molar-refractivity contribution in [2.45, 2.75) is 38.3 Å². The minimum Gasteiger partial charge on any atom is -0.369 e. The van der Waals surface area contributed by atoms with Crippen molar-refractivity contribution in [2.75, 3.05) is 29.7 Å². The van der Waals surface area contributed by atoms with Crippen LogP contribution in [0.25, 0.3) is 11.0 Å². The molecule has 0 atom stereocenters. The Bertz CT molecular complexity index is 1130. The van der Waals surface area contributed by atoms with Crippen LogP contribution in [-0.2, 0) is 18.3 Å². The fourth-order valence-electron chi connectivity index (χ4n) is 2.48. The van der Waals surface area contributed by atoms with E-state index in [0.29, 0.717) is 35.9 Å². The Balaban J connectivity index is 0.00000722. The van der Waals surface area contributed by atoms with Gasteiger partial charge in [0.1, 0.15) is 5.82 Å². The lowest BCUT2D eigenvalue weighted by atomic mass is 10.1. The van der Waals surface area contributed by atoms with Crippen molar-refractivity contribution < 1.29 is 23.7 Å². The highest BCUT2D eigenvalue weighted by Crippen LogP contribution is 2.23. The molecule has 1 heterocycles. The molecule has 0 bridgehead atoms. The van der Waals surface area contributed by atoms with Crippen LogP contribution in [0.15, 0.2) is 18.2 Å². The average molecular weight is 462 g/mol. The molecule has 0 unspecified atom stereocenters. The molecule has 0 spiro atoms. The van der Waals surface area contributed by atoms with Gasteiger partial charge in [0.15, 0.2) is 0 Å². The molecule has 0 radical (unpaired) electrons. The maximum Gasteiger partial charge on any atom is 0.243 e. The first kappa shape index (κ1) is 13.2. The first-order valence-corrected chi connectivity index (χ1v) is 9.17. The Morgan fingerprint density at radius 3 is 2.57 bits per heavy atom. The molecule has 9 heteroatoms. The number of rotatable bonds is 12. The average Bonchev–Trinajstić information content (AvgIpc) is 3.11. The largest absolute Gasteiger partial charge is 0.369 e. The zero-order valence-corrected chi connectivity index (χ0v) is 17.5. The summed E-state index contributed by atoms with van der Waals surface area (Å²) in [7, 11) is 1.56. The number of halogens is 3. The molecule has 0 aliphatic heterocycles. The molecule has 2 N–H and O–H groups in total. The summed E-state index contributed by atoms with van der Waals surface area (Å²) < 4.78 is 82.2. The number of fused-ring (bicyclic) bond motifs is 1. The number of nitrogens with zero attached hydrogens (tertiary/aromatic N) is 3. The van der Waals surface area contributed by atoms with E-state index in [4.69, 9.17) is 42.1 Å². The number of benzene rings is 1. The zero-order valence-electron chi connectivity index (χ0n) is 25.1. The van der Waals surface area contributed by atoms with Gasteiger partial charge >= 0.3 is 0 Å². The molecule has 0 aliphatic carbocycles. The Labute approximate surface area is 196 Å². The van der Waals surface area contributed by atoms with E-state index in [1.165, 1.54) is 4.57 Å². The third kappa shape index (κ3) is 6.99. The molecule has 1 amide bonds. The van der Waals surface area contributed by atoms with Crippen molar-refractivity contribution in [1.82, 2.24) is 15.0 Å². The molecule has 158 valence electrons. The highest BCUT2D eigenvalue weighted by atomic mass is 35.5. The standard InChI is InChI=1S/C19H28Cl2N4O2.ClH/c1-24-17-9-8-15(25(12-10-20)13-11-21)14-16(17)22-18(24)6-4-2-3-5-7-19(26)23-27;/h8-9,14,27H,2-7,10-13H2,1H3,(H,23,26);1H/i2D2,3D2,4D2,5D2,7D2;. The summed E-state index contributed by atoms with van der Waals surface area (Å²) in [6, 6.07) is 5.24. The maximum absolute atomic E-state index is 11.7. The predicted octanol–water partition coefficient (Wildman–Crippen LogP) is 4.28. The number of amides is 1. The zero-order chi connectivity index (χ0) is 28.6. The van der Waals surface area contributed by atoms with Crippen LogP contribution in [-0.4, -0.2) is 45.5 Å². The van der Waals surface area contributed by atoms with Crippen LogP contribution in [0, 0.1) is 0 Å². The van der Waals surface area contributed by atoms with Crippen molar-refractivity contribution in [3.05, 3.63) is 24.0 Å². The number of hydrogen-bond acceptors (Lipinski definition) is 4. The highest BCUT2D eigenvalue weighted by molar-refractivity contribution is 6.18. The van der Waals surface area contributed by atoms with E-state index in [1.54, 1.807) is 25.2 Å². The first-order valence-electron chi connectivity index (χ1n) is 13.1. The second kappa shape index (κ2) is 13.1. The number of aromatic nitrogens is 2. The summed E-state index contributed by atoms with van der Waals surface area (Å²) in [5.74, 6) is -1.22. The van der Waals surface area contributed by atoms with Gasteiger partial charge in [0.05, 0.1) is 11.0 Å². The number of anilines is 1. The van der Waals surface area contributed by atoms with E-state index in [1.807, 2.05) is 4.90 Å². The fraction of sp³-hybridized carbons (Fsp3) is 0.579. The van der Waals surface area contributed by atoms with Crippen LogP contribution in [0.3, 0.4) is 0 Å². The quantitative estimate of drug-likeness (QED) is 0.281. The van der Waals surface area contributed by atoms with Crippen LogP contribution in [0.4, 0.5) is 5.69 Å². The monoisotopic (exact) mass is 460 g/mol. The van der Waals surface area contributed by atoms with Gasteiger partial charge in [-0.15, -0.1) is 35.6 Å². The lowest BCUT2D eigenvalue weighted by molar-refractivity contribution is -0.129. The van der Waals surface area contributed by atoms with E-state index in [2.05, 4.69) is 4.98 Å². The van der Waals surface area contributed by atoms with Gasteiger partial charge in [0, 0.05) is 64.1 Å². The van der Waals surface area contributed by atoms with Gasteiger partial charge in [-0.05, 0) is 30.9 Å². The van der Waals surface area contributed by atoms with Crippen LogP contribution in [0.5, 0.6) is 0 Å². The van der Waals surface area contributed by atoms with Gasteiger partial charge in [-0.25, -0.2) is 10.5 Å². The van der Waals surface area contributed by atoms with E-state index in [-0.39, 0.29) is 18.2 Å². The molecular weight excluding hydrogens is 423 g/mol. The number of carbonyl (C=O) groups excluding carboxylic acids is 1. The normalized spacial score (nSPS) is 18.6. The van der Waals surface area contributed by atoms with Crippen molar-refractivity contribution >= 4 is 58.2 Å². The number of imidazole rings is 1. The van der Waals surface area contributed by atoms with Crippen LogP contribution >= 0.6 is 35.6 Å². The predicted molar refractivity (Wildman–Crippen MR) is 118 cm³/mol. The third-order valence-corrected chi connectivity index (χ3v) is 4.11. The second-order valence-corrected chi connectivity index (χ2v) is 6.18. The molecule has 0 saturated carbocycles. The minimum absolute atomic E-state index is 0. The Hall–Kier alpha value is -1.21. The SMILES string of the molecule is Cl.[2H]C([2H])(Cc1nc2cc(N(CCCl)CCCl)ccc2n1C)C([2H])([2H])C([2H])([2H])C([2H])([2H])C([2H])([2H])C(=O)NO. The van der Waals surface area contributed by atoms with Gasteiger partial charge in [-0.1, -0.05) is 12.7 Å².